The van der Waals surface area contributed by atoms with E-state index in [1.54, 1.807) is 12.5 Å². The van der Waals surface area contributed by atoms with Gasteiger partial charge in [-0.15, -0.1) is 0 Å². The normalized spacial score (nSPS) is 10.1. The fourth-order valence-electron chi connectivity index (χ4n) is 1.72. The Morgan fingerprint density at radius 2 is 2.14 bits per heavy atom. The van der Waals surface area contributed by atoms with E-state index in [0.29, 0.717) is 19.5 Å². The number of carbonyl (C=O) groups is 2. The number of carbonyl (C=O) groups excluding carboxylic acids is 2. The van der Waals surface area contributed by atoms with Gasteiger partial charge in [-0.3, -0.25) is 9.59 Å². The first kappa shape index (κ1) is 14.7. The van der Waals surface area contributed by atoms with Crippen LogP contribution in [0.3, 0.4) is 0 Å². The zero-order valence-electron chi connectivity index (χ0n) is 11.3. The summed E-state index contributed by atoms with van der Waals surface area (Å²) in [6.07, 6.45) is 5.84. The molecule has 0 atom stereocenters. The molecule has 6 nitrogen and oxygen atoms in total. The van der Waals surface area contributed by atoms with Crippen LogP contribution >= 0.6 is 0 Å². The topological polar surface area (TPSA) is 76.0 Å². The highest BCUT2D eigenvalue weighted by molar-refractivity contribution is 6.39. The maximum atomic E-state index is 12.9. The van der Waals surface area contributed by atoms with Crippen molar-refractivity contribution in [1.29, 1.82) is 0 Å². The molecule has 0 saturated carbocycles. The van der Waals surface area contributed by atoms with Crippen molar-refractivity contribution in [2.45, 2.75) is 13.0 Å². The van der Waals surface area contributed by atoms with E-state index in [4.69, 9.17) is 0 Å². The summed E-state index contributed by atoms with van der Waals surface area (Å²) in [7, 11) is 0. The van der Waals surface area contributed by atoms with Gasteiger partial charge < -0.3 is 15.2 Å². The Hall–Kier alpha value is -2.70. The summed E-state index contributed by atoms with van der Waals surface area (Å²) < 4.78 is 14.8. The number of rotatable bonds is 5. The van der Waals surface area contributed by atoms with Crippen molar-refractivity contribution >= 4 is 17.5 Å². The third kappa shape index (κ3) is 4.72. The van der Waals surface area contributed by atoms with Crippen molar-refractivity contribution in [3.8, 4) is 0 Å². The second-order valence-corrected chi connectivity index (χ2v) is 4.37. The minimum Gasteiger partial charge on any atom is -0.348 e. The molecule has 2 amide bonds. The van der Waals surface area contributed by atoms with E-state index in [-0.39, 0.29) is 5.69 Å². The number of aromatic nitrogens is 2. The van der Waals surface area contributed by atoms with Crippen LogP contribution in [0, 0.1) is 5.82 Å². The van der Waals surface area contributed by atoms with Gasteiger partial charge in [0.1, 0.15) is 5.82 Å². The molecule has 110 valence electrons. The summed E-state index contributed by atoms with van der Waals surface area (Å²) >= 11 is 0. The minimum absolute atomic E-state index is 0.244. The lowest BCUT2D eigenvalue weighted by Crippen LogP contribution is -2.36. The van der Waals surface area contributed by atoms with Gasteiger partial charge in [0.25, 0.3) is 0 Å². The van der Waals surface area contributed by atoms with Gasteiger partial charge in [-0.25, -0.2) is 9.37 Å². The molecule has 0 radical (unpaired) electrons. The number of benzene rings is 1. The Labute approximate surface area is 121 Å². The number of imidazole rings is 1. The number of aryl methyl sites for hydroxylation is 1. The van der Waals surface area contributed by atoms with Crippen molar-refractivity contribution in [2.75, 3.05) is 11.9 Å². The molecule has 1 aromatic carbocycles. The average Bonchev–Trinajstić information content (AvgIpc) is 2.96. The van der Waals surface area contributed by atoms with Gasteiger partial charge in [0.05, 0.1) is 6.33 Å². The molecule has 2 N–H and O–H groups in total. The lowest BCUT2D eigenvalue weighted by atomic mass is 10.3. The second-order valence-electron chi connectivity index (χ2n) is 4.37. The van der Waals surface area contributed by atoms with Crippen molar-refractivity contribution in [3.63, 3.8) is 0 Å². The second kappa shape index (κ2) is 7.18. The summed E-state index contributed by atoms with van der Waals surface area (Å²) in [4.78, 5) is 27.0. The number of hydrogen-bond acceptors (Lipinski definition) is 3. The molecule has 21 heavy (non-hydrogen) atoms. The van der Waals surface area contributed by atoms with Gasteiger partial charge in [0.2, 0.25) is 0 Å². The van der Waals surface area contributed by atoms with Crippen LogP contribution in [0.25, 0.3) is 0 Å². The summed E-state index contributed by atoms with van der Waals surface area (Å²) in [6.45, 7) is 1.07. The van der Waals surface area contributed by atoms with E-state index in [1.165, 1.54) is 18.2 Å². The predicted molar refractivity (Wildman–Crippen MR) is 74.9 cm³/mol. The molecule has 7 heteroatoms. The first-order valence-corrected chi connectivity index (χ1v) is 6.45. The van der Waals surface area contributed by atoms with Crippen LogP contribution in [0.5, 0.6) is 0 Å². The Bertz CT molecular complexity index is 613. The monoisotopic (exact) mass is 290 g/mol. The Balaban J connectivity index is 1.71. The molecule has 0 aliphatic heterocycles. The van der Waals surface area contributed by atoms with Crippen LogP contribution in [0.4, 0.5) is 10.1 Å². The van der Waals surface area contributed by atoms with E-state index in [1.807, 2.05) is 10.8 Å². The zero-order chi connectivity index (χ0) is 15.1. The quantitative estimate of drug-likeness (QED) is 0.641. The number of amides is 2. The highest BCUT2D eigenvalue weighted by atomic mass is 19.1. The average molecular weight is 290 g/mol. The maximum absolute atomic E-state index is 12.9. The third-order valence-corrected chi connectivity index (χ3v) is 2.73. The molecule has 2 rings (SSSR count). The van der Waals surface area contributed by atoms with Crippen LogP contribution in [-0.2, 0) is 16.1 Å². The Morgan fingerprint density at radius 3 is 2.86 bits per heavy atom. The maximum Gasteiger partial charge on any atom is 0.313 e. The van der Waals surface area contributed by atoms with Gasteiger partial charge in [0, 0.05) is 31.2 Å². The van der Waals surface area contributed by atoms with Crippen LogP contribution in [0.2, 0.25) is 0 Å². The van der Waals surface area contributed by atoms with E-state index in [9.17, 15) is 14.0 Å². The molecule has 0 bridgehead atoms. The Morgan fingerprint density at radius 1 is 1.29 bits per heavy atom. The predicted octanol–water partition coefficient (Wildman–Crippen LogP) is 1.17. The molecular weight excluding hydrogens is 275 g/mol. The zero-order valence-corrected chi connectivity index (χ0v) is 11.3. The van der Waals surface area contributed by atoms with Crippen molar-refractivity contribution in [3.05, 3.63) is 48.8 Å². The first-order valence-electron chi connectivity index (χ1n) is 6.45. The Kier molecular flexibility index (Phi) is 5.03. The minimum atomic E-state index is -0.816. The largest absolute Gasteiger partial charge is 0.348 e. The van der Waals surface area contributed by atoms with Crippen LogP contribution in [0.15, 0.2) is 43.0 Å². The fourth-order valence-corrected chi connectivity index (χ4v) is 1.72. The van der Waals surface area contributed by atoms with E-state index in [0.717, 1.165) is 6.07 Å². The summed E-state index contributed by atoms with van der Waals surface area (Å²) in [5.74, 6) is -2.04. The molecule has 0 aliphatic rings. The lowest BCUT2D eigenvalue weighted by molar-refractivity contribution is -0.136. The van der Waals surface area contributed by atoms with Gasteiger partial charge in [-0.2, -0.15) is 0 Å². The van der Waals surface area contributed by atoms with Gasteiger partial charge in [-0.1, -0.05) is 6.07 Å². The molecular formula is C14H15FN4O2. The smallest absolute Gasteiger partial charge is 0.313 e. The summed E-state index contributed by atoms with van der Waals surface area (Å²) in [5.41, 5.74) is 0.244. The van der Waals surface area contributed by atoms with Crippen molar-refractivity contribution in [1.82, 2.24) is 14.9 Å². The summed E-state index contributed by atoms with van der Waals surface area (Å²) in [5, 5.41) is 4.83. The SMILES string of the molecule is O=C(NCCCn1ccnc1)C(=O)Nc1cccc(F)c1. The molecule has 0 spiro atoms. The number of anilines is 1. The third-order valence-electron chi connectivity index (χ3n) is 2.73. The summed E-state index contributed by atoms with van der Waals surface area (Å²) in [6, 6.07) is 5.36. The van der Waals surface area contributed by atoms with Crippen LogP contribution < -0.4 is 10.6 Å². The molecule has 0 unspecified atom stereocenters. The van der Waals surface area contributed by atoms with E-state index in [2.05, 4.69) is 15.6 Å². The van der Waals surface area contributed by atoms with E-state index >= 15 is 0 Å². The fraction of sp³-hybridized carbons (Fsp3) is 0.214. The van der Waals surface area contributed by atoms with Crippen molar-refractivity contribution < 1.29 is 14.0 Å². The van der Waals surface area contributed by atoms with Gasteiger partial charge in [-0.05, 0) is 24.6 Å². The lowest BCUT2D eigenvalue weighted by Gasteiger charge is -2.07. The van der Waals surface area contributed by atoms with E-state index < -0.39 is 17.6 Å². The van der Waals surface area contributed by atoms with Crippen LogP contribution in [-0.4, -0.2) is 27.9 Å². The molecule has 0 aliphatic carbocycles. The number of nitrogens with zero attached hydrogens (tertiary/aromatic N) is 2. The number of halogens is 1. The first-order chi connectivity index (χ1) is 10.1. The molecule has 2 aromatic rings. The highest BCUT2D eigenvalue weighted by Gasteiger charge is 2.12. The van der Waals surface area contributed by atoms with Crippen LogP contribution in [0.1, 0.15) is 6.42 Å². The molecule has 1 aromatic heterocycles. The van der Waals surface area contributed by atoms with Gasteiger partial charge in [0.15, 0.2) is 0 Å². The van der Waals surface area contributed by atoms with Crippen molar-refractivity contribution in [2.24, 2.45) is 0 Å². The molecule has 1 heterocycles. The molecule has 0 saturated heterocycles. The van der Waals surface area contributed by atoms with Gasteiger partial charge >= 0.3 is 11.8 Å². The number of nitrogens with one attached hydrogen (secondary N) is 2. The molecule has 0 fully saturated rings. The standard InChI is InChI=1S/C14H15FN4O2/c15-11-3-1-4-12(9-11)18-14(21)13(20)17-5-2-7-19-8-6-16-10-19/h1,3-4,6,8-10H,2,5,7H2,(H,17,20)(H,18,21). The highest BCUT2D eigenvalue weighted by Crippen LogP contribution is 2.08. The number of hydrogen-bond donors (Lipinski definition) is 2.